The maximum Gasteiger partial charge on any atom is 0.308 e. The predicted octanol–water partition coefficient (Wildman–Crippen LogP) is 3.69. The summed E-state index contributed by atoms with van der Waals surface area (Å²) in [5.41, 5.74) is 0. The minimum Gasteiger partial charge on any atom is -0.465 e. The van der Waals surface area contributed by atoms with Crippen LogP contribution in [0.25, 0.3) is 0 Å². The van der Waals surface area contributed by atoms with Crippen molar-refractivity contribution in [3.05, 3.63) is 0 Å². The molecule has 1 heterocycles. The number of hydrogen-bond acceptors (Lipinski definition) is 2. The molecule has 0 spiro atoms. The minimum atomic E-state index is 0.0544. The van der Waals surface area contributed by atoms with Gasteiger partial charge >= 0.3 is 5.97 Å². The summed E-state index contributed by atoms with van der Waals surface area (Å²) in [6.07, 6.45) is 10.5. The molecule has 0 aromatic carbocycles. The van der Waals surface area contributed by atoms with E-state index < -0.39 is 0 Å². The lowest BCUT2D eigenvalue weighted by molar-refractivity contribution is -0.149. The van der Waals surface area contributed by atoms with Crippen LogP contribution in [0.2, 0.25) is 0 Å². The van der Waals surface area contributed by atoms with Crippen molar-refractivity contribution in [1.82, 2.24) is 0 Å². The van der Waals surface area contributed by atoms with Gasteiger partial charge in [-0.05, 0) is 19.3 Å². The molecular weight excluding hydrogens is 188 g/mol. The molecule has 15 heavy (non-hydrogen) atoms. The Morgan fingerprint density at radius 2 is 1.80 bits per heavy atom. The Balaban J connectivity index is 2.39. The summed E-state index contributed by atoms with van der Waals surface area (Å²) in [7, 11) is 0. The normalized spacial score (nSPS) is 25.4. The minimum absolute atomic E-state index is 0.0544. The van der Waals surface area contributed by atoms with Gasteiger partial charge in [-0.15, -0.1) is 0 Å². The van der Waals surface area contributed by atoms with Crippen LogP contribution in [-0.2, 0) is 9.53 Å². The van der Waals surface area contributed by atoms with E-state index in [1.54, 1.807) is 0 Å². The lowest BCUT2D eigenvalue weighted by Crippen LogP contribution is -2.18. The maximum absolute atomic E-state index is 11.7. The van der Waals surface area contributed by atoms with Crippen LogP contribution < -0.4 is 0 Å². The van der Waals surface area contributed by atoms with Crippen LogP contribution in [-0.4, -0.2) is 12.6 Å². The van der Waals surface area contributed by atoms with Crippen molar-refractivity contribution in [2.24, 2.45) is 5.92 Å². The third-order valence-corrected chi connectivity index (χ3v) is 3.16. The highest BCUT2D eigenvalue weighted by Crippen LogP contribution is 2.19. The van der Waals surface area contributed by atoms with Crippen LogP contribution in [0.4, 0.5) is 0 Å². The summed E-state index contributed by atoms with van der Waals surface area (Å²) in [4.78, 5) is 11.7. The quantitative estimate of drug-likeness (QED) is 0.652. The smallest absolute Gasteiger partial charge is 0.308 e. The molecule has 1 atom stereocenters. The molecule has 1 saturated heterocycles. The fourth-order valence-electron chi connectivity index (χ4n) is 2.22. The zero-order chi connectivity index (χ0) is 10.9. The van der Waals surface area contributed by atoms with Crippen molar-refractivity contribution in [2.45, 2.75) is 64.7 Å². The molecule has 2 heteroatoms. The lowest BCUT2D eigenvalue weighted by atomic mass is 9.96. The summed E-state index contributed by atoms with van der Waals surface area (Å²) < 4.78 is 5.30. The Morgan fingerprint density at radius 1 is 1.13 bits per heavy atom. The van der Waals surface area contributed by atoms with Gasteiger partial charge in [0.2, 0.25) is 0 Å². The summed E-state index contributed by atoms with van der Waals surface area (Å²) in [5.74, 6) is 0.229. The number of hydrogen-bond donors (Lipinski definition) is 0. The summed E-state index contributed by atoms with van der Waals surface area (Å²) in [5, 5.41) is 0. The van der Waals surface area contributed by atoms with Gasteiger partial charge < -0.3 is 4.74 Å². The zero-order valence-electron chi connectivity index (χ0n) is 9.96. The second kappa shape index (κ2) is 7.72. The summed E-state index contributed by atoms with van der Waals surface area (Å²) in [6.45, 7) is 2.78. The van der Waals surface area contributed by atoms with Gasteiger partial charge in [-0.1, -0.05) is 45.4 Å². The Bertz CT molecular complexity index is 177. The van der Waals surface area contributed by atoms with Gasteiger partial charge in [-0.2, -0.15) is 0 Å². The lowest BCUT2D eigenvalue weighted by Gasteiger charge is -2.14. The highest BCUT2D eigenvalue weighted by molar-refractivity contribution is 5.72. The van der Waals surface area contributed by atoms with Crippen molar-refractivity contribution in [3.8, 4) is 0 Å². The molecule has 88 valence electrons. The van der Waals surface area contributed by atoms with E-state index in [-0.39, 0.29) is 11.9 Å². The van der Waals surface area contributed by atoms with Crippen molar-refractivity contribution in [2.75, 3.05) is 6.61 Å². The van der Waals surface area contributed by atoms with E-state index in [0.29, 0.717) is 6.61 Å². The van der Waals surface area contributed by atoms with Gasteiger partial charge in [0.25, 0.3) is 0 Å². The van der Waals surface area contributed by atoms with Crippen LogP contribution in [0.15, 0.2) is 0 Å². The standard InChI is InChI=1S/C13H24O2/c1-2-9-12-10-7-5-3-4-6-8-11-15-13(12)14/h12H,2-11H2,1H3. The fourth-order valence-corrected chi connectivity index (χ4v) is 2.22. The van der Waals surface area contributed by atoms with E-state index in [9.17, 15) is 4.79 Å². The zero-order valence-corrected chi connectivity index (χ0v) is 9.96. The molecule has 1 unspecified atom stereocenters. The van der Waals surface area contributed by atoms with Crippen molar-refractivity contribution >= 4 is 5.97 Å². The van der Waals surface area contributed by atoms with Gasteiger partial charge in [0.1, 0.15) is 0 Å². The molecule has 0 bridgehead atoms. The van der Waals surface area contributed by atoms with E-state index >= 15 is 0 Å². The maximum atomic E-state index is 11.7. The van der Waals surface area contributed by atoms with Gasteiger partial charge in [0.15, 0.2) is 0 Å². The van der Waals surface area contributed by atoms with E-state index in [4.69, 9.17) is 4.74 Å². The first-order valence-corrected chi connectivity index (χ1v) is 6.51. The van der Waals surface area contributed by atoms with Gasteiger partial charge in [-0.25, -0.2) is 0 Å². The SMILES string of the molecule is CCCC1CCCCCCCCOC1=O. The number of carbonyl (C=O) groups excluding carboxylic acids is 1. The van der Waals surface area contributed by atoms with Gasteiger partial charge in [0.05, 0.1) is 12.5 Å². The van der Waals surface area contributed by atoms with Crippen LogP contribution in [0.3, 0.4) is 0 Å². The summed E-state index contributed by atoms with van der Waals surface area (Å²) in [6, 6.07) is 0. The van der Waals surface area contributed by atoms with Gasteiger partial charge in [0, 0.05) is 0 Å². The topological polar surface area (TPSA) is 26.3 Å². The first kappa shape index (κ1) is 12.5. The van der Waals surface area contributed by atoms with Crippen molar-refractivity contribution < 1.29 is 9.53 Å². The van der Waals surface area contributed by atoms with E-state index in [0.717, 1.165) is 25.7 Å². The molecule has 0 radical (unpaired) electrons. The molecule has 0 aromatic heterocycles. The molecule has 1 aliphatic heterocycles. The summed E-state index contributed by atoms with van der Waals surface area (Å²) >= 11 is 0. The number of carbonyl (C=O) groups is 1. The van der Waals surface area contributed by atoms with Gasteiger partial charge in [-0.3, -0.25) is 4.79 Å². The Labute approximate surface area is 93.4 Å². The molecule has 0 amide bonds. The van der Waals surface area contributed by atoms with E-state index in [1.165, 1.54) is 32.1 Å². The van der Waals surface area contributed by atoms with Crippen molar-refractivity contribution in [3.63, 3.8) is 0 Å². The second-order valence-electron chi connectivity index (χ2n) is 4.56. The highest BCUT2D eigenvalue weighted by Gasteiger charge is 2.18. The van der Waals surface area contributed by atoms with Crippen LogP contribution >= 0.6 is 0 Å². The average molecular weight is 212 g/mol. The molecule has 2 nitrogen and oxygen atoms in total. The molecular formula is C13H24O2. The average Bonchev–Trinajstić information content (AvgIpc) is 2.27. The number of rotatable bonds is 2. The molecule has 1 rings (SSSR count). The molecule has 0 N–H and O–H groups in total. The third-order valence-electron chi connectivity index (χ3n) is 3.16. The van der Waals surface area contributed by atoms with Crippen LogP contribution in [0.5, 0.6) is 0 Å². The second-order valence-corrected chi connectivity index (χ2v) is 4.56. The Morgan fingerprint density at radius 3 is 2.53 bits per heavy atom. The van der Waals surface area contributed by atoms with E-state index in [1.807, 2.05) is 0 Å². The third kappa shape index (κ3) is 5.19. The fraction of sp³-hybridized carbons (Fsp3) is 0.923. The molecule has 0 aliphatic carbocycles. The Hall–Kier alpha value is -0.530. The molecule has 1 fully saturated rings. The first-order valence-electron chi connectivity index (χ1n) is 6.51. The van der Waals surface area contributed by atoms with E-state index in [2.05, 4.69) is 6.92 Å². The monoisotopic (exact) mass is 212 g/mol. The molecule has 0 aromatic rings. The number of esters is 1. The molecule has 0 saturated carbocycles. The predicted molar refractivity (Wildman–Crippen MR) is 61.7 cm³/mol. The number of ether oxygens (including phenoxy) is 1. The van der Waals surface area contributed by atoms with Crippen molar-refractivity contribution in [1.29, 1.82) is 0 Å². The first-order chi connectivity index (χ1) is 7.34. The van der Waals surface area contributed by atoms with Crippen LogP contribution in [0.1, 0.15) is 64.7 Å². The molecule has 1 aliphatic rings. The largest absolute Gasteiger partial charge is 0.465 e. The van der Waals surface area contributed by atoms with Crippen LogP contribution in [0, 0.1) is 5.92 Å². The highest BCUT2D eigenvalue weighted by atomic mass is 16.5. The Kier molecular flexibility index (Phi) is 6.45. The number of cyclic esters (lactones) is 1.